The summed E-state index contributed by atoms with van der Waals surface area (Å²) in [5.74, 6) is -0.359. The lowest BCUT2D eigenvalue weighted by Gasteiger charge is -2.32. The van der Waals surface area contributed by atoms with Crippen molar-refractivity contribution in [2.45, 2.75) is 50.7 Å². The number of rotatable bonds is 12. The Morgan fingerprint density at radius 2 is 1.60 bits per heavy atom. The zero-order valence-corrected chi connectivity index (χ0v) is 25.1. The lowest BCUT2D eigenvalue weighted by Crippen LogP contribution is -2.52. The molecule has 0 bridgehead atoms. The SMILES string of the molecule is CCC(C)NC(=O)C(C)N(Cc1cccc(OC)c1)C(=O)CN(c1cc(Cl)cc(Cl)c1)S(=O)(=O)c1ccccc1. The maximum absolute atomic E-state index is 14.0. The van der Waals surface area contributed by atoms with Crippen molar-refractivity contribution < 1.29 is 22.7 Å². The summed E-state index contributed by atoms with van der Waals surface area (Å²) >= 11 is 12.4. The second-order valence-corrected chi connectivity index (χ2v) is 12.1. The third-order valence-corrected chi connectivity index (χ3v) is 8.63. The highest BCUT2D eigenvalue weighted by Crippen LogP contribution is 2.30. The van der Waals surface area contributed by atoms with E-state index in [2.05, 4.69) is 5.32 Å². The summed E-state index contributed by atoms with van der Waals surface area (Å²) < 4.78 is 33.9. The van der Waals surface area contributed by atoms with Crippen molar-refractivity contribution in [3.8, 4) is 5.75 Å². The van der Waals surface area contributed by atoms with Gasteiger partial charge in [-0.25, -0.2) is 8.42 Å². The molecule has 1 N–H and O–H groups in total. The van der Waals surface area contributed by atoms with Crippen LogP contribution in [0.1, 0.15) is 32.8 Å². The van der Waals surface area contributed by atoms with E-state index < -0.39 is 28.5 Å². The number of hydrogen-bond donors (Lipinski definition) is 1. The van der Waals surface area contributed by atoms with Gasteiger partial charge in [0, 0.05) is 22.6 Å². The molecule has 8 nitrogen and oxygen atoms in total. The topological polar surface area (TPSA) is 96.0 Å². The molecule has 0 fully saturated rings. The van der Waals surface area contributed by atoms with Crippen LogP contribution in [0.15, 0.2) is 77.7 Å². The zero-order chi connectivity index (χ0) is 29.4. The van der Waals surface area contributed by atoms with Crippen LogP contribution in [0.25, 0.3) is 0 Å². The molecule has 3 aromatic rings. The number of carbonyl (C=O) groups is 2. The Labute approximate surface area is 245 Å². The van der Waals surface area contributed by atoms with E-state index in [0.717, 1.165) is 4.31 Å². The van der Waals surface area contributed by atoms with Crippen molar-refractivity contribution in [3.05, 3.63) is 88.4 Å². The van der Waals surface area contributed by atoms with Gasteiger partial charge in [-0.3, -0.25) is 13.9 Å². The van der Waals surface area contributed by atoms with Crippen LogP contribution in [-0.2, 0) is 26.2 Å². The van der Waals surface area contributed by atoms with Crippen LogP contribution in [0.5, 0.6) is 5.75 Å². The number of nitrogens with one attached hydrogen (secondary N) is 1. The minimum atomic E-state index is -4.22. The van der Waals surface area contributed by atoms with Gasteiger partial charge in [-0.15, -0.1) is 0 Å². The molecule has 11 heteroatoms. The lowest BCUT2D eigenvalue weighted by molar-refractivity contribution is -0.139. The molecule has 0 aliphatic heterocycles. The van der Waals surface area contributed by atoms with Gasteiger partial charge < -0.3 is 15.0 Å². The number of halogens is 2. The molecule has 0 aromatic heterocycles. The molecular weight excluding hydrogens is 573 g/mol. The summed E-state index contributed by atoms with van der Waals surface area (Å²) in [5.41, 5.74) is 0.826. The predicted molar refractivity (Wildman–Crippen MR) is 158 cm³/mol. The van der Waals surface area contributed by atoms with Gasteiger partial charge in [0.05, 0.1) is 17.7 Å². The van der Waals surface area contributed by atoms with Crippen molar-refractivity contribution in [2.24, 2.45) is 0 Å². The summed E-state index contributed by atoms with van der Waals surface area (Å²) in [5, 5.41) is 3.32. The van der Waals surface area contributed by atoms with E-state index >= 15 is 0 Å². The number of carbonyl (C=O) groups excluding carboxylic acids is 2. The first-order valence-electron chi connectivity index (χ1n) is 12.7. The Morgan fingerprint density at radius 3 is 2.20 bits per heavy atom. The summed E-state index contributed by atoms with van der Waals surface area (Å²) in [6, 6.07) is 18.2. The highest BCUT2D eigenvalue weighted by atomic mass is 35.5. The predicted octanol–water partition coefficient (Wildman–Crippen LogP) is 5.53. The van der Waals surface area contributed by atoms with E-state index in [4.69, 9.17) is 27.9 Å². The average Bonchev–Trinajstić information content (AvgIpc) is 2.93. The van der Waals surface area contributed by atoms with Crippen LogP contribution in [-0.4, -0.2) is 50.9 Å². The fraction of sp³-hybridized carbons (Fsp3) is 0.310. The molecule has 3 rings (SSSR count). The molecule has 0 saturated carbocycles. The largest absolute Gasteiger partial charge is 0.497 e. The number of nitrogens with zero attached hydrogens (tertiary/aromatic N) is 2. The smallest absolute Gasteiger partial charge is 0.264 e. The number of ether oxygens (including phenoxy) is 1. The van der Waals surface area contributed by atoms with E-state index in [9.17, 15) is 18.0 Å². The van der Waals surface area contributed by atoms with E-state index in [0.29, 0.717) is 17.7 Å². The fourth-order valence-electron chi connectivity index (χ4n) is 3.95. The second-order valence-electron chi connectivity index (χ2n) is 9.32. The second kappa shape index (κ2) is 13.9. The van der Waals surface area contributed by atoms with Gasteiger partial charge in [0.25, 0.3) is 10.0 Å². The molecule has 0 aliphatic rings. The molecule has 0 radical (unpaired) electrons. The van der Waals surface area contributed by atoms with Crippen molar-refractivity contribution in [3.63, 3.8) is 0 Å². The average molecular weight is 607 g/mol. The van der Waals surface area contributed by atoms with Crippen molar-refractivity contribution >= 4 is 50.7 Å². The van der Waals surface area contributed by atoms with Crippen molar-refractivity contribution in [2.75, 3.05) is 18.0 Å². The lowest BCUT2D eigenvalue weighted by atomic mass is 10.1. The van der Waals surface area contributed by atoms with Crippen LogP contribution in [0.2, 0.25) is 10.0 Å². The Kier molecular flexibility index (Phi) is 10.8. The number of hydrogen-bond acceptors (Lipinski definition) is 5. The molecule has 2 unspecified atom stereocenters. The number of anilines is 1. The van der Waals surface area contributed by atoms with E-state index in [-0.39, 0.29) is 39.1 Å². The van der Waals surface area contributed by atoms with Gasteiger partial charge in [-0.05, 0) is 68.3 Å². The fourth-order valence-corrected chi connectivity index (χ4v) is 5.88. The summed E-state index contributed by atoms with van der Waals surface area (Å²) in [4.78, 5) is 28.5. The minimum absolute atomic E-state index is 0.0131. The normalized spacial score (nSPS) is 12.8. The first kappa shape index (κ1) is 31.3. The summed E-state index contributed by atoms with van der Waals surface area (Å²) in [7, 11) is -2.69. The maximum Gasteiger partial charge on any atom is 0.264 e. The van der Waals surface area contributed by atoms with Crippen LogP contribution in [0, 0.1) is 0 Å². The van der Waals surface area contributed by atoms with Crippen molar-refractivity contribution in [1.82, 2.24) is 10.2 Å². The van der Waals surface area contributed by atoms with Gasteiger partial charge in [-0.1, -0.05) is 60.5 Å². The first-order valence-corrected chi connectivity index (χ1v) is 14.9. The van der Waals surface area contributed by atoms with Crippen LogP contribution in [0.4, 0.5) is 5.69 Å². The van der Waals surface area contributed by atoms with Crippen LogP contribution < -0.4 is 14.4 Å². The quantitative estimate of drug-likeness (QED) is 0.293. The molecule has 214 valence electrons. The van der Waals surface area contributed by atoms with Gasteiger partial charge in [0.15, 0.2) is 0 Å². The van der Waals surface area contributed by atoms with Crippen LogP contribution in [0.3, 0.4) is 0 Å². The molecular formula is C29H33Cl2N3O5S. The number of methoxy groups -OCH3 is 1. The summed E-state index contributed by atoms with van der Waals surface area (Å²) in [6.07, 6.45) is 0.709. The zero-order valence-electron chi connectivity index (χ0n) is 22.8. The maximum atomic E-state index is 14.0. The molecule has 2 amide bonds. The number of amides is 2. The number of sulfonamides is 1. The monoisotopic (exact) mass is 605 g/mol. The minimum Gasteiger partial charge on any atom is -0.497 e. The van der Waals surface area contributed by atoms with E-state index in [1.807, 2.05) is 13.8 Å². The molecule has 0 saturated heterocycles. The standard InChI is InChI=1S/C29H33Cl2N3O5S/c1-5-20(2)32-29(36)21(3)33(18-22-10-9-11-26(14-22)39-4)28(35)19-34(25-16-23(30)15-24(31)17-25)40(37,38)27-12-7-6-8-13-27/h6-17,20-21H,5,18-19H2,1-4H3,(H,32,36). The van der Waals surface area contributed by atoms with Gasteiger partial charge in [-0.2, -0.15) is 0 Å². The van der Waals surface area contributed by atoms with Gasteiger partial charge in [0.1, 0.15) is 18.3 Å². The Bertz CT molecular complexity index is 1420. The van der Waals surface area contributed by atoms with Gasteiger partial charge in [0.2, 0.25) is 11.8 Å². The van der Waals surface area contributed by atoms with E-state index in [1.54, 1.807) is 49.4 Å². The molecule has 40 heavy (non-hydrogen) atoms. The highest BCUT2D eigenvalue weighted by Gasteiger charge is 2.33. The van der Waals surface area contributed by atoms with E-state index in [1.165, 1.54) is 42.3 Å². The number of benzene rings is 3. The first-order chi connectivity index (χ1) is 19.0. The highest BCUT2D eigenvalue weighted by molar-refractivity contribution is 7.92. The Morgan fingerprint density at radius 1 is 0.950 bits per heavy atom. The molecule has 0 aliphatic carbocycles. The molecule has 0 heterocycles. The van der Waals surface area contributed by atoms with Gasteiger partial charge >= 0.3 is 0 Å². The Hall–Kier alpha value is -3.27. The van der Waals surface area contributed by atoms with Crippen LogP contribution >= 0.6 is 23.2 Å². The third-order valence-electron chi connectivity index (χ3n) is 6.40. The Balaban J connectivity index is 2.05. The molecule has 3 aromatic carbocycles. The molecule has 2 atom stereocenters. The molecule has 0 spiro atoms. The third kappa shape index (κ3) is 7.90. The summed E-state index contributed by atoms with van der Waals surface area (Å²) in [6.45, 7) is 4.87. The van der Waals surface area contributed by atoms with Crippen molar-refractivity contribution in [1.29, 1.82) is 0 Å².